The third-order valence-electron chi connectivity index (χ3n) is 3.50. The first-order valence-electron chi connectivity index (χ1n) is 6.57. The fourth-order valence-corrected chi connectivity index (χ4v) is 2.68. The lowest BCUT2D eigenvalue weighted by Gasteiger charge is -2.34. The lowest BCUT2D eigenvalue weighted by atomic mass is 9.88. The third-order valence-corrected chi connectivity index (χ3v) is 3.93. The molecule has 0 spiro atoms. The van der Waals surface area contributed by atoms with Gasteiger partial charge in [0, 0.05) is 12.0 Å². The van der Waals surface area contributed by atoms with E-state index in [4.69, 9.17) is 9.15 Å². The highest BCUT2D eigenvalue weighted by molar-refractivity contribution is 9.10. The van der Waals surface area contributed by atoms with Gasteiger partial charge < -0.3 is 19.6 Å². The molecule has 0 bridgehead atoms. The second kappa shape index (κ2) is 5.54. The highest BCUT2D eigenvalue weighted by Crippen LogP contribution is 2.36. The minimum Gasteiger partial charge on any atom is -0.493 e. The summed E-state index contributed by atoms with van der Waals surface area (Å²) in [6, 6.07) is 10.5. The van der Waals surface area contributed by atoms with Crippen LogP contribution in [0.2, 0.25) is 0 Å². The van der Waals surface area contributed by atoms with Crippen LogP contribution in [0.5, 0.6) is 5.75 Å². The number of furan rings is 1. The molecule has 1 aromatic heterocycles. The summed E-state index contributed by atoms with van der Waals surface area (Å²) in [7, 11) is 0. The summed E-state index contributed by atoms with van der Waals surface area (Å²) >= 11 is 3.15. The molecule has 1 aliphatic rings. The van der Waals surface area contributed by atoms with Crippen LogP contribution in [0.3, 0.4) is 0 Å². The minimum absolute atomic E-state index is 0.102. The van der Waals surface area contributed by atoms with Crippen molar-refractivity contribution in [1.29, 1.82) is 0 Å². The van der Waals surface area contributed by atoms with E-state index in [1.165, 1.54) is 0 Å². The van der Waals surface area contributed by atoms with Crippen LogP contribution in [0.25, 0.3) is 0 Å². The summed E-state index contributed by atoms with van der Waals surface area (Å²) in [6.45, 7) is 0.514. The molecule has 5 nitrogen and oxygen atoms in total. The van der Waals surface area contributed by atoms with E-state index in [9.17, 15) is 9.90 Å². The second-order valence-electron chi connectivity index (χ2n) is 4.91. The van der Waals surface area contributed by atoms with Crippen LogP contribution in [0.1, 0.15) is 22.5 Å². The molecule has 1 atom stereocenters. The number of hydrogen-bond acceptors (Lipinski definition) is 4. The Morgan fingerprint density at radius 1 is 1.33 bits per heavy atom. The normalized spacial score (nSPS) is 20.5. The van der Waals surface area contributed by atoms with Gasteiger partial charge in [0.15, 0.2) is 10.4 Å². The van der Waals surface area contributed by atoms with E-state index >= 15 is 0 Å². The molecule has 1 unspecified atom stereocenters. The minimum atomic E-state index is -1.13. The molecule has 1 aromatic carbocycles. The van der Waals surface area contributed by atoms with Crippen molar-refractivity contribution in [2.24, 2.45) is 0 Å². The average Bonchev–Trinajstić information content (AvgIpc) is 2.92. The van der Waals surface area contributed by atoms with Gasteiger partial charge in [-0.25, -0.2) is 0 Å². The predicted molar refractivity (Wildman–Crippen MR) is 79.2 cm³/mol. The molecule has 0 saturated carbocycles. The fourth-order valence-electron chi connectivity index (χ4n) is 2.38. The molecule has 3 rings (SSSR count). The van der Waals surface area contributed by atoms with Gasteiger partial charge in [-0.15, -0.1) is 0 Å². The summed E-state index contributed by atoms with van der Waals surface area (Å²) in [6.07, 6.45) is 0.423. The van der Waals surface area contributed by atoms with Crippen LogP contribution >= 0.6 is 15.9 Å². The van der Waals surface area contributed by atoms with E-state index in [2.05, 4.69) is 21.2 Å². The van der Waals surface area contributed by atoms with Crippen molar-refractivity contribution in [3.63, 3.8) is 0 Å². The van der Waals surface area contributed by atoms with Gasteiger partial charge in [0.05, 0.1) is 13.2 Å². The molecule has 1 amide bonds. The molecule has 2 heterocycles. The van der Waals surface area contributed by atoms with Crippen molar-refractivity contribution in [3.8, 4) is 5.75 Å². The molecule has 110 valence electrons. The average molecular weight is 352 g/mol. The zero-order valence-electron chi connectivity index (χ0n) is 11.1. The van der Waals surface area contributed by atoms with Gasteiger partial charge in [-0.05, 0) is 34.1 Å². The molecule has 0 fully saturated rings. The number of nitrogens with one attached hydrogen (secondary N) is 1. The maximum Gasteiger partial charge on any atom is 0.287 e. The number of para-hydroxylation sites is 1. The Labute approximate surface area is 130 Å². The lowest BCUT2D eigenvalue weighted by Crippen LogP contribution is -2.43. The number of halogens is 1. The number of aliphatic hydroxyl groups is 1. The zero-order chi connectivity index (χ0) is 14.9. The highest BCUT2D eigenvalue weighted by Gasteiger charge is 2.36. The van der Waals surface area contributed by atoms with E-state index in [0.717, 1.165) is 0 Å². The Morgan fingerprint density at radius 2 is 2.14 bits per heavy atom. The molecule has 2 aromatic rings. The van der Waals surface area contributed by atoms with E-state index in [1.54, 1.807) is 12.1 Å². The van der Waals surface area contributed by atoms with E-state index in [1.807, 2.05) is 24.3 Å². The molecule has 2 N–H and O–H groups in total. The Morgan fingerprint density at radius 3 is 2.90 bits per heavy atom. The van der Waals surface area contributed by atoms with E-state index in [0.29, 0.717) is 29.0 Å². The fraction of sp³-hybridized carbons (Fsp3) is 0.267. The van der Waals surface area contributed by atoms with Gasteiger partial charge in [-0.1, -0.05) is 18.2 Å². The van der Waals surface area contributed by atoms with Gasteiger partial charge >= 0.3 is 0 Å². The first-order valence-corrected chi connectivity index (χ1v) is 7.36. The molecule has 6 heteroatoms. The van der Waals surface area contributed by atoms with Gasteiger partial charge in [0.1, 0.15) is 11.4 Å². The topological polar surface area (TPSA) is 71.7 Å². The number of carbonyl (C=O) groups is 1. The first-order chi connectivity index (χ1) is 10.1. The Balaban J connectivity index is 1.74. The van der Waals surface area contributed by atoms with E-state index in [-0.39, 0.29) is 18.2 Å². The van der Waals surface area contributed by atoms with E-state index < -0.39 is 5.60 Å². The van der Waals surface area contributed by atoms with Crippen LogP contribution < -0.4 is 10.1 Å². The Bertz CT molecular complexity index is 669. The van der Waals surface area contributed by atoms with Gasteiger partial charge in [0.2, 0.25) is 0 Å². The zero-order valence-corrected chi connectivity index (χ0v) is 12.7. The van der Waals surface area contributed by atoms with Crippen molar-refractivity contribution in [3.05, 3.63) is 52.4 Å². The summed E-state index contributed by atoms with van der Waals surface area (Å²) in [5.41, 5.74) is -0.439. The standard InChI is InChI=1S/C15H14BrNO4/c16-13-6-5-12(21-13)14(18)17-9-15(19)7-8-20-11-4-2-1-3-10(11)15/h1-6,19H,7-9H2,(H,17,18). The van der Waals surface area contributed by atoms with Crippen molar-refractivity contribution < 1.29 is 19.1 Å². The maximum atomic E-state index is 12.0. The summed E-state index contributed by atoms with van der Waals surface area (Å²) in [5, 5.41) is 13.5. The lowest BCUT2D eigenvalue weighted by molar-refractivity contribution is -0.00181. The maximum absolute atomic E-state index is 12.0. The van der Waals surface area contributed by atoms with Crippen LogP contribution in [-0.4, -0.2) is 24.2 Å². The predicted octanol–water partition coefficient (Wildman–Crippen LogP) is 2.44. The molecule has 1 aliphatic heterocycles. The van der Waals surface area contributed by atoms with Crippen LogP contribution in [-0.2, 0) is 5.60 Å². The van der Waals surface area contributed by atoms with Gasteiger partial charge in [0.25, 0.3) is 5.91 Å². The number of ether oxygens (including phenoxy) is 1. The number of carbonyl (C=O) groups excluding carboxylic acids is 1. The number of fused-ring (bicyclic) bond motifs is 1. The summed E-state index contributed by atoms with van der Waals surface area (Å²) in [5.74, 6) is 0.491. The quantitative estimate of drug-likeness (QED) is 0.890. The molecule has 0 saturated heterocycles. The molecular formula is C15H14BrNO4. The van der Waals surface area contributed by atoms with Crippen LogP contribution in [0.4, 0.5) is 0 Å². The SMILES string of the molecule is O=C(NCC1(O)CCOc2ccccc21)c1ccc(Br)o1. The third kappa shape index (κ3) is 2.82. The summed E-state index contributed by atoms with van der Waals surface area (Å²) in [4.78, 5) is 12.0. The summed E-state index contributed by atoms with van der Waals surface area (Å²) < 4.78 is 11.2. The molecule has 0 radical (unpaired) electrons. The number of benzene rings is 1. The Kier molecular flexibility index (Phi) is 3.73. The smallest absolute Gasteiger partial charge is 0.287 e. The number of hydrogen-bond donors (Lipinski definition) is 2. The first kappa shape index (κ1) is 14.2. The molecular weight excluding hydrogens is 338 g/mol. The molecule has 21 heavy (non-hydrogen) atoms. The second-order valence-corrected chi connectivity index (χ2v) is 5.69. The van der Waals surface area contributed by atoms with Gasteiger partial charge in [-0.2, -0.15) is 0 Å². The number of amides is 1. The highest BCUT2D eigenvalue weighted by atomic mass is 79.9. The van der Waals surface area contributed by atoms with Crippen molar-refractivity contribution in [2.45, 2.75) is 12.0 Å². The largest absolute Gasteiger partial charge is 0.493 e. The van der Waals surface area contributed by atoms with Crippen LogP contribution in [0.15, 0.2) is 45.5 Å². The monoisotopic (exact) mass is 351 g/mol. The number of rotatable bonds is 3. The Hall–Kier alpha value is -1.79. The van der Waals surface area contributed by atoms with Crippen molar-refractivity contribution in [2.75, 3.05) is 13.2 Å². The molecule has 0 aliphatic carbocycles. The van der Waals surface area contributed by atoms with Crippen LogP contribution in [0, 0.1) is 0 Å². The van der Waals surface area contributed by atoms with Gasteiger partial charge in [-0.3, -0.25) is 4.79 Å². The van der Waals surface area contributed by atoms with Crippen molar-refractivity contribution >= 4 is 21.8 Å². The van der Waals surface area contributed by atoms with Crippen molar-refractivity contribution in [1.82, 2.24) is 5.32 Å².